The average Bonchev–Trinajstić information content (AvgIpc) is 2.57. The van der Waals surface area contributed by atoms with E-state index in [0.717, 1.165) is 31.6 Å². The van der Waals surface area contributed by atoms with E-state index in [-0.39, 0.29) is 5.28 Å². The Morgan fingerprint density at radius 2 is 1.74 bits per heavy atom. The molecule has 0 fully saturated rings. The Bertz CT molecular complexity index is 662. The predicted octanol–water partition coefficient (Wildman–Crippen LogP) is 3.05. The number of nitrogens with zero attached hydrogens (tertiary/aromatic N) is 3. The topological polar surface area (TPSA) is 59.5 Å². The van der Waals surface area contributed by atoms with Crippen LogP contribution in [0.25, 0.3) is 10.9 Å². The molecule has 0 saturated heterocycles. The van der Waals surface area contributed by atoms with Gasteiger partial charge in [0.05, 0.1) is 19.7 Å². The summed E-state index contributed by atoms with van der Waals surface area (Å²) in [6.07, 6.45) is 0. The number of rotatable bonds is 8. The van der Waals surface area contributed by atoms with Crippen LogP contribution < -0.4 is 14.8 Å². The van der Waals surface area contributed by atoms with Gasteiger partial charge in [-0.2, -0.15) is 0 Å². The molecule has 1 N–H and O–H groups in total. The minimum absolute atomic E-state index is 0.204. The maximum absolute atomic E-state index is 6.04. The highest BCUT2D eigenvalue weighted by molar-refractivity contribution is 6.28. The molecule has 6 nitrogen and oxygen atoms in total. The highest BCUT2D eigenvalue weighted by atomic mass is 35.5. The Kier molecular flexibility index (Phi) is 6.24. The van der Waals surface area contributed by atoms with Crippen molar-refractivity contribution in [2.75, 3.05) is 45.7 Å². The minimum Gasteiger partial charge on any atom is -0.493 e. The van der Waals surface area contributed by atoms with Gasteiger partial charge in [0.1, 0.15) is 5.82 Å². The second kappa shape index (κ2) is 8.17. The smallest absolute Gasteiger partial charge is 0.224 e. The maximum atomic E-state index is 6.04. The summed E-state index contributed by atoms with van der Waals surface area (Å²) in [5.74, 6) is 1.95. The number of halogens is 1. The lowest BCUT2D eigenvalue weighted by Crippen LogP contribution is -2.28. The number of anilines is 1. The molecule has 0 saturated carbocycles. The molecular formula is C16H23ClN4O2. The third-order valence-corrected chi connectivity index (χ3v) is 3.96. The van der Waals surface area contributed by atoms with Gasteiger partial charge in [-0.05, 0) is 30.8 Å². The van der Waals surface area contributed by atoms with Crippen molar-refractivity contribution in [2.45, 2.75) is 13.8 Å². The first-order valence-electron chi connectivity index (χ1n) is 7.68. The van der Waals surface area contributed by atoms with Crippen molar-refractivity contribution in [1.82, 2.24) is 14.9 Å². The summed E-state index contributed by atoms with van der Waals surface area (Å²) in [4.78, 5) is 10.9. The van der Waals surface area contributed by atoms with Crippen molar-refractivity contribution in [1.29, 1.82) is 0 Å². The van der Waals surface area contributed by atoms with Crippen LogP contribution in [-0.4, -0.2) is 55.3 Å². The molecule has 126 valence electrons. The second-order valence-corrected chi connectivity index (χ2v) is 5.36. The van der Waals surface area contributed by atoms with Gasteiger partial charge in [-0.15, -0.1) is 0 Å². The van der Waals surface area contributed by atoms with E-state index < -0.39 is 0 Å². The fourth-order valence-electron chi connectivity index (χ4n) is 2.43. The summed E-state index contributed by atoms with van der Waals surface area (Å²) < 4.78 is 10.7. The third kappa shape index (κ3) is 4.14. The SMILES string of the molecule is CCN(CC)CCNc1nc(Cl)nc2cc(OC)c(OC)cc12. The zero-order chi connectivity index (χ0) is 16.8. The van der Waals surface area contributed by atoms with Crippen LogP contribution in [-0.2, 0) is 0 Å². The molecule has 1 aromatic heterocycles. The van der Waals surface area contributed by atoms with Crippen molar-refractivity contribution in [3.8, 4) is 11.5 Å². The molecule has 0 aliphatic carbocycles. The van der Waals surface area contributed by atoms with E-state index in [1.807, 2.05) is 6.07 Å². The van der Waals surface area contributed by atoms with Crippen molar-refractivity contribution in [3.05, 3.63) is 17.4 Å². The Morgan fingerprint density at radius 1 is 1.09 bits per heavy atom. The maximum Gasteiger partial charge on any atom is 0.224 e. The van der Waals surface area contributed by atoms with Crippen LogP contribution in [0.1, 0.15) is 13.8 Å². The summed E-state index contributed by atoms with van der Waals surface area (Å²) in [6, 6.07) is 3.67. The third-order valence-electron chi connectivity index (χ3n) is 3.79. The number of hydrogen-bond acceptors (Lipinski definition) is 6. The Hall–Kier alpha value is -1.79. The number of likely N-dealkylation sites (N-methyl/N-ethyl adjacent to an activating group) is 1. The van der Waals surface area contributed by atoms with E-state index in [9.17, 15) is 0 Å². The first kappa shape index (κ1) is 17.6. The molecule has 23 heavy (non-hydrogen) atoms. The second-order valence-electron chi connectivity index (χ2n) is 5.02. The van der Waals surface area contributed by atoms with Crippen LogP contribution >= 0.6 is 11.6 Å². The fraction of sp³-hybridized carbons (Fsp3) is 0.500. The van der Waals surface area contributed by atoms with Crippen LogP contribution in [0.4, 0.5) is 5.82 Å². The van der Waals surface area contributed by atoms with Gasteiger partial charge in [0.2, 0.25) is 5.28 Å². The van der Waals surface area contributed by atoms with E-state index in [1.54, 1.807) is 20.3 Å². The number of methoxy groups -OCH3 is 2. The quantitative estimate of drug-likeness (QED) is 0.746. The van der Waals surface area contributed by atoms with Gasteiger partial charge < -0.3 is 19.7 Å². The lowest BCUT2D eigenvalue weighted by atomic mass is 10.2. The number of fused-ring (bicyclic) bond motifs is 1. The molecule has 0 amide bonds. The number of ether oxygens (including phenoxy) is 2. The van der Waals surface area contributed by atoms with Gasteiger partial charge in [0, 0.05) is 24.5 Å². The molecule has 0 radical (unpaired) electrons. The van der Waals surface area contributed by atoms with E-state index in [0.29, 0.717) is 22.8 Å². The summed E-state index contributed by atoms with van der Waals surface area (Å²) >= 11 is 6.04. The van der Waals surface area contributed by atoms with E-state index >= 15 is 0 Å². The Morgan fingerprint density at radius 3 is 2.35 bits per heavy atom. The first-order chi connectivity index (χ1) is 11.1. The monoisotopic (exact) mass is 338 g/mol. The van der Waals surface area contributed by atoms with Crippen molar-refractivity contribution >= 4 is 28.3 Å². The Labute approximate surface area is 141 Å². The molecule has 7 heteroatoms. The largest absolute Gasteiger partial charge is 0.493 e. The summed E-state index contributed by atoms with van der Waals surface area (Å²) in [7, 11) is 3.20. The predicted molar refractivity (Wildman–Crippen MR) is 93.9 cm³/mol. The molecule has 0 atom stereocenters. The van der Waals surface area contributed by atoms with Crippen molar-refractivity contribution < 1.29 is 9.47 Å². The van der Waals surface area contributed by atoms with Gasteiger partial charge in [-0.1, -0.05) is 13.8 Å². The fourth-order valence-corrected chi connectivity index (χ4v) is 2.61. The van der Waals surface area contributed by atoms with E-state index in [2.05, 4.69) is 34.0 Å². The number of hydrogen-bond donors (Lipinski definition) is 1. The average molecular weight is 339 g/mol. The van der Waals surface area contributed by atoms with E-state index in [4.69, 9.17) is 21.1 Å². The first-order valence-corrected chi connectivity index (χ1v) is 8.06. The number of benzene rings is 1. The standard InChI is InChI=1S/C16H23ClN4O2/c1-5-21(6-2)8-7-18-15-11-9-13(22-3)14(23-4)10-12(11)19-16(17)20-15/h9-10H,5-8H2,1-4H3,(H,18,19,20). The molecule has 0 unspecified atom stereocenters. The summed E-state index contributed by atoms with van der Waals surface area (Å²) in [6.45, 7) is 8.06. The van der Waals surface area contributed by atoms with Gasteiger partial charge in [0.15, 0.2) is 11.5 Å². The highest BCUT2D eigenvalue weighted by Gasteiger charge is 2.12. The molecular weight excluding hydrogens is 316 g/mol. The lowest BCUT2D eigenvalue weighted by Gasteiger charge is -2.18. The van der Waals surface area contributed by atoms with Gasteiger partial charge in [0.25, 0.3) is 0 Å². The molecule has 2 rings (SSSR count). The molecule has 0 aliphatic heterocycles. The summed E-state index contributed by atoms with van der Waals surface area (Å²) in [5.41, 5.74) is 0.716. The van der Waals surface area contributed by atoms with Crippen molar-refractivity contribution in [3.63, 3.8) is 0 Å². The van der Waals surface area contributed by atoms with Crippen LogP contribution in [0, 0.1) is 0 Å². The van der Waals surface area contributed by atoms with Crippen LogP contribution in [0.5, 0.6) is 11.5 Å². The minimum atomic E-state index is 0.204. The van der Waals surface area contributed by atoms with Crippen LogP contribution in [0.2, 0.25) is 5.28 Å². The zero-order valence-corrected chi connectivity index (χ0v) is 14.8. The molecule has 0 aliphatic rings. The van der Waals surface area contributed by atoms with Gasteiger partial charge in [-0.25, -0.2) is 9.97 Å². The Balaban J connectivity index is 2.31. The molecule has 0 bridgehead atoms. The van der Waals surface area contributed by atoms with Crippen LogP contribution in [0.3, 0.4) is 0 Å². The van der Waals surface area contributed by atoms with Gasteiger partial charge in [-0.3, -0.25) is 0 Å². The number of aromatic nitrogens is 2. The van der Waals surface area contributed by atoms with Crippen molar-refractivity contribution in [2.24, 2.45) is 0 Å². The summed E-state index contributed by atoms with van der Waals surface area (Å²) in [5, 5.41) is 4.40. The molecule has 1 aromatic carbocycles. The lowest BCUT2D eigenvalue weighted by molar-refractivity contribution is 0.316. The van der Waals surface area contributed by atoms with Gasteiger partial charge >= 0.3 is 0 Å². The zero-order valence-electron chi connectivity index (χ0n) is 14.0. The highest BCUT2D eigenvalue weighted by Crippen LogP contribution is 2.34. The van der Waals surface area contributed by atoms with Crippen LogP contribution in [0.15, 0.2) is 12.1 Å². The molecule has 1 heterocycles. The number of nitrogens with one attached hydrogen (secondary N) is 1. The normalized spacial score (nSPS) is 11.0. The van der Waals surface area contributed by atoms with E-state index in [1.165, 1.54) is 0 Å². The molecule has 0 spiro atoms. The molecule has 2 aromatic rings.